The zero-order valence-electron chi connectivity index (χ0n) is 9.29. The van der Waals surface area contributed by atoms with Crippen molar-refractivity contribution in [1.82, 2.24) is 10.9 Å². The molecule has 1 aromatic carbocycles. The van der Waals surface area contributed by atoms with E-state index in [0.29, 0.717) is 0 Å². The van der Waals surface area contributed by atoms with Crippen LogP contribution in [0.15, 0.2) is 18.2 Å². The molecule has 0 radical (unpaired) electrons. The first-order valence-corrected chi connectivity index (χ1v) is 4.53. The SMILES string of the molecule is Cc1cccc(C)c1C.NNC(=O)NN. The van der Waals surface area contributed by atoms with Crippen LogP contribution in [0.5, 0.6) is 0 Å². The van der Waals surface area contributed by atoms with Crippen molar-refractivity contribution in [3.8, 4) is 0 Å². The molecule has 0 aliphatic carbocycles. The van der Waals surface area contributed by atoms with E-state index >= 15 is 0 Å². The van der Waals surface area contributed by atoms with Gasteiger partial charge in [0.25, 0.3) is 0 Å². The zero-order chi connectivity index (χ0) is 11.8. The maximum Gasteiger partial charge on any atom is 0.343 e. The first-order valence-electron chi connectivity index (χ1n) is 4.53. The van der Waals surface area contributed by atoms with Crippen molar-refractivity contribution in [2.45, 2.75) is 20.8 Å². The fraction of sp³-hybridized carbons (Fsp3) is 0.300. The Balaban J connectivity index is 0.000000288. The highest BCUT2D eigenvalue weighted by Crippen LogP contribution is 2.09. The Morgan fingerprint density at radius 2 is 1.47 bits per heavy atom. The molecule has 2 amide bonds. The lowest BCUT2D eigenvalue weighted by Gasteiger charge is -2.00. The molecule has 84 valence electrons. The number of hydrazine groups is 2. The molecule has 5 nitrogen and oxygen atoms in total. The third kappa shape index (κ3) is 4.99. The number of rotatable bonds is 0. The van der Waals surface area contributed by atoms with Gasteiger partial charge in [0.2, 0.25) is 0 Å². The maximum absolute atomic E-state index is 9.71. The van der Waals surface area contributed by atoms with Gasteiger partial charge in [-0.3, -0.25) is 10.9 Å². The first-order chi connectivity index (χ1) is 7.02. The predicted octanol–water partition coefficient (Wildman–Crippen LogP) is 0.645. The van der Waals surface area contributed by atoms with Gasteiger partial charge in [-0.25, -0.2) is 16.5 Å². The van der Waals surface area contributed by atoms with Gasteiger partial charge in [0.05, 0.1) is 0 Å². The summed E-state index contributed by atoms with van der Waals surface area (Å²) in [5.74, 6) is 9.08. The Bertz CT molecular complexity index is 299. The van der Waals surface area contributed by atoms with Gasteiger partial charge in [0, 0.05) is 0 Å². The van der Waals surface area contributed by atoms with Gasteiger partial charge in [-0.2, -0.15) is 0 Å². The minimum Gasteiger partial charge on any atom is -0.275 e. The molecule has 0 fully saturated rings. The molecule has 0 atom stereocenters. The largest absolute Gasteiger partial charge is 0.343 e. The molecule has 6 N–H and O–H groups in total. The van der Waals surface area contributed by atoms with Crippen LogP contribution in [-0.4, -0.2) is 6.03 Å². The molecule has 0 spiro atoms. The lowest BCUT2D eigenvalue weighted by molar-refractivity contribution is 0.241. The smallest absolute Gasteiger partial charge is 0.275 e. The van der Waals surface area contributed by atoms with E-state index in [0.717, 1.165) is 0 Å². The van der Waals surface area contributed by atoms with Gasteiger partial charge >= 0.3 is 6.03 Å². The second-order valence-electron chi connectivity index (χ2n) is 3.13. The first kappa shape index (κ1) is 13.4. The van der Waals surface area contributed by atoms with Gasteiger partial charge in [-0.15, -0.1) is 0 Å². The molecule has 0 heterocycles. The summed E-state index contributed by atoms with van der Waals surface area (Å²) in [6.07, 6.45) is 0. The van der Waals surface area contributed by atoms with E-state index in [2.05, 4.69) is 50.7 Å². The Kier molecular flexibility index (Phi) is 6.08. The lowest BCUT2D eigenvalue weighted by atomic mass is 10.1. The van der Waals surface area contributed by atoms with E-state index in [1.807, 2.05) is 0 Å². The molecule has 0 aromatic heterocycles. The number of urea groups is 1. The molecule has 0 unspecified atom stereocenters. The summed E-state index contributed by atoms with van der Waals surface area (Å²) in [6.45, 7) is 6.44. The standard InChI is InChI=1S/C9H12.CH6N4O/c1-7-5-4-6-8(2)9(7)3;2-4-1(6)5-3/h4-6H,1-3H3;2-3H2,(H2,4,5,6). The zero-order valence-corrected chi connectivity index (χ0v) is 9.29. The molecule has 1 aromatic rings. The molecule has 0 aliphatic rings. The van der Waals surface area contributed by atoms with Crippen LogP contribution in [-0.2, 0) is 0 Å². The number of aryl methyl sites for hydroxylation is 2. The third-order valence-corrected chi connectivity index (χ3v) is 2.14. The van der Waals surface area contributed by atoms with Crippen LogP contribution in [0.2, 0.25) is 0 Å². The van der Waals surface area contributed by atoms with Crippen molar-refractivity contribution in [3.63, 3.8) is 0 Å². The maximum atomic E-state index is 9.71. The van der Waals surface area contributed by atoms with E-state index in [4.69, 9.17) is 0 Å². The highest BCUT2D eigenvalue weighted by molar-refractivity contribution is 5.72. The van der Waals surface area contributed by atoms with Gasteiger partial charge in [-0.1, -0.05) is 18.2 Å². The Hall–Kier alpha value is -1.59. The lowest BCUT2D eigenvalue weighted by Crippen LogP contribution is -2.43. The van der Waals surface area contributed by atoms with E-state index < -0.39 is 6.03 Å². The molecular formula is C10H18N4O. The van der Waals surface area contributed by atoms with E-state index in [-0.39, 0.29) is 0 Å². The minimum absolute atomic E-state index is 0.602. The molecule has 0 saturated heterocycles. The third-order valence-electron chi connectivity index (χ3n) is 2.14. The number of amides is 2. The topological polar surface area (TPSA) is 93.2 Å². The summed E-state index contributed by atoms with van der Waals surface area (Å²) in [5, 5.41) is 0. The monoisotopic (exact) mass is 210 g/mol. The van der Waals surface area contributed by atoms with Crippen LogP contribution >= 0.6 is 0 Å². The second kappa shape index (κ2) is 6.80. The van der Waals surface area contributed by atoms with E-state index in [9.17, 15) is 4.79 Å². The fourth-order valence-corrected chi connectivity index (χ4v) is 0.939. The van der Waals surface area contributed by atoms with Crippen LogP contribution in [0.4, 0.5) is 4.79 Å². The number of carbonyl (C=O) groups excluding carboxylic acids is 1. The van der Waals surface area contributed by atoms with Crippen LogP contribution in [0.25, 0.3) is 0 Å². The second-order valence-corrected chi connectivity index (χ2v) is 3.13. The Labute approximate surface area is 89.8 Å². The minimum atomic E-state index is -0.602. The quantitative estimate of drug-likeness (QED) is 0.288. The van der Waals surface area contributed by atoms with Gasteiger partial charge < -0.3 is 0 Å². The molecule has 0 aliphatic heterocycles. The van der Waals surface area contributed by atoms with Crippen molar-refractivity contribution < 1.29 is 4.79 Å². The van der Waals surface area contributed by atoms with Crippen molar-refractivity contribution >= 4 is 6.03 Å². The van der Waals surface area contributed by atoms with Crippen molar-refractivity contribution in [3.05, 3.63) is 34.9 Å². The average Bonchev–Trinajstić information content (AvgIpc) is 2.25. The van der Waals surface area contributed by atoms with Crippen LogP contribution in [0.3, 0.4) is 0 Å². The van der Waals surface area contributed by atoms with E-state index in [1.54, 1.807) is 10.9 Å². The predicted molar refractivity (Wildman–Crippen MR) is 60.7 cm³/mol. The van der Waals surface area contributed by atoms with Gasteiger partial charge in [0.15, 0.2) is 0 Å². The summed E-state index contributed by atoms with van der Waals surface area (Å²) < 4.78 is 0. The Morgan fingerprint density at radius 1 is 1.07 bits per heavy atom. The van der Waals surface area contributed by atoms with Crippen molar-refractivity contribution in [1.29, 1.82) is 0 Å². The molecule has 0 saturated carbocycles. The summed E-state index contributed by atoms with van der Waals surface area (Å²) >= 11 is 0. The van der Waals surface area contributed by atoms with Crippen LogP contribution in [0.1, 0.15) is 16.7 Å². The highest BCUT2D eigenvalue weighted by atomic mass is 16.2. The average molecular weight is 210 g/mol. The van der Waals surface area contributed by atoms with Gasteiger partial charge in [0.1, 0.15) is 0 Å². The summed E-state index contributed by atoms with van der Waals surface area (Å²) in [7, 11) is 0. The fourth-order valence-electron chi connectivity index (χ4n) is 0.939. The molecular weight excluding hydrogens is 192 g/mol. The van der Waals surface area contributed by atoms with Crippen molar-refractivity contribution in [2.75, 3.05) is 0 Å². The van der Waals surface area contributed by atoms with Crippen LogP contribution < -0.4 is 22.5 Å². The Morgan fingerprint density at radius 3 is 1.67 bits per heavy atom. The number of benzene rings is 1. The number of hydrogen-bond acceptors (Lipinski definition) is 3. The van der Waals surface area contributed by atoms with Gasteiger partial charge in [-0.05, 0) is 37.5 Å². The summed E-state index contributed by atoms with van der Waals surface area (Å²) in [5.41, 5.74) is 7.66. The number of carbonyl (C=O) groups is 1. The molecule has 15 heavy (non-hydrogen) atoms. The molecule has 5 heteroatoms. The normalized spacial score (nSPS) is 8.60. The summed E-state index contributed by atoms with van der Waals surface area (Å²) in [4.78, 5) is 9.71. The van der Waals surface area contributed by atoms with Crippen LogP contribution in [0, 0.1) is 20.8 Å². The number of hydrogen-bond donors (Lipinski definition) is 4. The highest BCUT2D eigenvalue weighted by Gasteiger charge is 1.91. The number of nitrogens with one attached hydrogen (secondary N) is 2. The van der Waals surface area contributed by atoms with Crippen molar-refractivity contribution in [2.24, 2.45) is 11.7 Å². The van der Waals surface area contributed by atoms with E-state index in [1.165, 1.54) is 16.7 Å². The summed E-state index contributed by atoms with van der Waals surface area (Å²) in [6, 6.07) is 5.78. The molecule has 0 bridgehead atoms. The number of nitrogens with two attached hydrogens (primary N) is 2. The molecule has 1 rings (SSSR count).